The highest BCUT2D eigenvalue weighted by molar-refractivity contribution is 8.01. The molecule has 18 heteroatoms. The number of aliphatic carboxylic acids is 2. The maximum atomic E-state index is 13.7. The summed E-state index contributed by atoms with van der Waals surface area (Å²) < 4.78 is 4.73. The number of carbonyl (C=O) groups is 10. The van der Waals surface area contributed by atoms with E-state index < -0.39 is 93.2 Å². The first-order valence-electron chi connectivity index (χ1n) is 15.3. The summed E-state index contributed by atoms with van der Waals surface area (Å²) in [5.41, 5.74) is -4.07. The van der Waals surface area contributed by atoms with Crippen molar-refractivity contribution in [3.05, 3.63) is 82.6 Å². The van der Waals surface area contributed by atoms with Crippen LogP contribution in [-0.2, 0) is 33.5 Å². The van der Waals surface area contributed by atoms with Crippen molar-refractivity contribution in [3.63, 3.8) is 0 Å². The predicted octanol–water partition coefficient (Wildman–Crippen LogP) is 0.738. The van der Waals surface area contributed by atoms with Crippen LogP contribution in [0, 0.1) is 0 Å². The number of nitrogens with one attached hydrogen (secondary N) is 2. The molecule has 0 bridgehead atoms. The molecule has 0 aromatic heterocycles. The Kier molecular flexibility index (Phi) is 10.2. The highest BCUT2D eigenvalue weighted by Crippen LogP contribution is 2.49. The van der Waals surface area contributed by atoms with Crippen LogP contribution in [0.1, 0.15) is 57.3 Å². The van der Waals surface area contributed by atoms with Crippen molar-refractivity contribution in [1.29, 1.82) is 0 Å². The fourth-order valence-electron chi connectivity index (χ4n) is 5.96. The molecule has 4 N–H and O–H groups in total. The van der Waals surface area contributed by atoms with E-state index in [9.17, 15) is 58.2 Å². The molecule has 264 valence electrons. The van der Waals surface area contributed by atoms with Gasteiger partial charge < -0.3 is 25.1 Å². The Balaban J connectivity index is 1.38. The van der Waals surface area contributed by atoms with Gasteiger partial charge in [-0.25, -0.2) is 14.4 Å². The Morgan fingerprint density at radius 3 is 2.12 bits per heavy atom. The fourth-order valence-corrected chi connectivity index (χ4v) is 7.51. The van der Waals surface area contributed by atoms with Gasteiger partial charge in [0, 0.05) is 12.0 Å². The van der Waals surface area contributed by atoms with Gasteiger partial charge in [0.05, 0.1) is 23.3 Å². The molecular weight excluding hydrogens is 692 g/mol. The van der Waals surface area contributed by atoms with Gasteiger partial charge in [0.15, 0.2) is 12.1 Å². The summed E-state index contributed by atoms with van der Waals surface area (Å²) in [5.74, 6) is -9.35. The van der Waals surface area contributed by atoms with Crippen LogP contribution >= 0.6 is 11.8 Å². The average molecular weight is 721 g/mol. The maximum Gasteiger partial charge on any atom is 0.413 e. The molecule has 51 heavy (non-hydrogen) atoms. The van der Waals surface area contributed by atoms with Gasteiger partial charge in [-0.1, -0.05) is 42.5 Å². The molecule has 1 saturated heterocycles. The second kappa shape index (κ2) is 14.4. The molecule has 0 aliphatic carbocycles. The second-order valence-electron chi connectivity index (χ2n) is 11.3. The number of ketones is 1. The molecule has 2 unspecified atom stereocenters. The lowest BCUT2D eigenvalue weighted by atomic mass is 9.85. The molecule has 6 amide bonds. The van der Waals surface area contributed by atoms with Gasteiger partial charge in [0.1, 0.15) is 22.4 Å². The lowest BCUT2D eigenvalue weighted by Crippen LogP contribution is -2.81. The second-order valence-corrected chi connectivity index (χ2v) is 12.5. The number of carboxylic acids is 2. The Bertz CT molecular complexity index is 1890. The Morgan fingerprint density at radius 2 is 1.57 bits per heavy atom. The number of carboxylic acid groups (broad SMARTS) is 2. The molecule has 3 heterocycles. The molecule has 3 aliphatic heterocycles. The first-order valence-corrected chi connectivity index (χ1v) is 16.2. The summed E-state index contributed by atoms with van der Waals surface area (Å²) in [6.07, 6.45) is -2.31. The number of hydrogen-bond acceptors (Lipinski definition) is 12. The van der Waals surface area contributed by atoms with Gasteiger partial charge >= 0.3 is 18.0 Å². The van der Waals surface area contributed by atoms with E-state index in [0.717, 1.165) is 0 Å². The lowest BCUT2D eigenvalue weighted by Gasteiger charge is -2.55. The number of hydrogen-bond donors (Lipinski definition) is 4. The standard InChI is InChI=1S/C33H28N4O13S/c1-2-50-32(49)34-25(41)24-21(23(40)16-9-4-3-5-10-16)22(29(46)47)37-30(48)33(15-38,31(37)51-24)35-20(39)14-8-13-19(28(44)45)36-26(42)17-11-6-7-12-18(17)27(36)43/h3-7,9-12,15,19,24,31H,2,8,13-14H2,1H3,(H,35,39)(H,44,45)(H,46,47)(H,34,41,49)/t19?,24?,31-,33+/m0/s1. The van der Waals surface area contributed by atoms with Crippen molar-refractivity contribution in [1.82, 2.24) is 20.4 Å². The van der Waals surface area contributed by atoms with Gasteiger partial charge in [0.25, 0.3) is 17.7 Å². The molecule has 5 rings (SSSR count). The molecule has 3 aliphatic rings. The molecular formula is C33H28N4O13S. The summed E-state index contributed by atoms with van der Waals surface area (Å²) in [5, 5.41) is 20.8. The van der Waals surface area contributed by atoms with Crippen LogP contribution in [0.25, 0.3) is 0 Å². The number of Topliss-reactive ketones (excluding diaryl/α,β-unsaturated/α-hetero) is 1. The number of rotatable bonds is 13. The third-order valence-electron chi connectivity index (χ3n) is 8.28. The van der Waals surface area contributed by atoms with Crippen LogP contribution in [0.4, 0.5) is 4.79 Å². The SMILES string of the molecule is CCOC(=O)NC(=O)C1S[C@@H]2N(C(=O)[C@@]2(C=O)NC(=O)CCCC(C(=O)O)N2C(=O)c3ccccc3C2=O)C(C(=O)O)=C1C(=O)c1ccccc1. The topological polar surface area (TPSA) is 251 Å². The molecule has 0 spiro atoms. The van der Waals surface area contributed by atoms with Crippen molar-refractivity contribution in [2.45, 2.75) is 48.4 Å². The number of nitrogens with zero attached hydrogens (tertiary/aromatic N) is 2. The number of carbonyl (C=O) groups excluding carboxylic acids is 8. The van der Waals surface area contributed by atoms with Gasteiger partial charge in [-0.3, -0.25) is 43.9 Å². The van der Waals surface area contributed by atoms with Gasteiger partial charge in [-0.05, 0) is 31.9 Å². The number of thioether (sulfide) groups is 1. The van der Waals surface area contributed by atoms with Gasteiger partial charge in [-0.2, -0.15) is 0 Å². The Labute approximate surface area is 292 Å². The number of benzene rings is 2. The third kappa shape index (κ3) is 6.36. The zero-order valence-corrected chi connectivity index (χ0v) is 27.3. The number of imide groups is 2. The lowest BCUT2D eigenvalue weighted by molar-refractivity contribution is -0.161. The van der Waals surface area contributed by atoms with Crippen molar-refractivity contribution in [2.75, 3.05) is 6.61 Å². The van der Waals surface area contributed by atoms with E-state index in [1.807, 2.05) is 5.32 Å². The van der Waals surface area contributed by atoms with Crippen LogP contribution in [-0.4, -0.2) is 108 Å². The molecule has 0 saturated carbocycles. The minimum Gasteiger partial charge on any atom is -0.480 e. The molecule has 2 aromatic carbocycles. The van der Waals surface area contributed by atoms with E-state index in [1.165, 1.54) is 55.5 Å². The number of amides is 6. The first kappa shape index (κ1) is 36.1. The summed E-state index contributed by atoms with van der Waals surface area (Å²) in [6.45, 7) is 1.32. The summed E-state index contributed by atoms with van der Waals surface area (Å²) in [7, 11) is 0. The number of aldehydes is 1. The maximum absolute atomic E-state index is 13.7. The minimum absolute atomic E-state index is 0.0232. The Morgan fingerprint density at radius 1 is 0.961 bits per heavy atom. The molecule has 2 aromatic rings. The highest BCUT2D eigenvalue weighted by atomic mass is 32.2. The first-order chi connectivity index (χ1) is 24.3. The van der Waals surface area contributed by atoms with E-state index in [4.69, 9.17) is 4.74 Å². The van der Waals surface area contributed by atoms with E-state index in [0.29, 0.717) is 21.6 Å². The molecule has 4 atom stereocenters. The number of fused-ring (bicyclic) bond motifs is 2. The van der Waals surface area contributed by atoms with Crippen molar-refractivity contribution < 1.29 is 62.9 Å². The fraction of sp³-hybridized carbons (Fsp3) is 0.273. The average Bonchev–Trinajstić information content (AvgIpc) is 3.36. The monoisotopic (exact) mass is 720 g/mol. The highest BCUT2D eigenvalue weighted by Gasteiger charge is 2.68. The molecule has 1 fully saturated rings. The van der Waals surface area contributed by atoms with Crippen LogP contribution in [0.5, 0.6) is 0 Å². The zero-order valence-electron chi connectivity index (χ0n) is 26.5. The summed E-state index contributed by atoms with van der Waals surface area (Å²) >= 11 is 0.461. The van der Waals surface area contributed by atoms with Crippen LogP contribution < -0.4 is 10.6 Å². The number of β-lactam (4-membered cyclic amide) rings is 1. The molecule has 17 nitrogen and oxygen atoms in total. The Hall–Kier alpha value is -6.17. The quantitative estimate of drug-likeness (QED) is 0.0733. The van der Waals surface area contributed by atoms with Crippen molar-refractivity contribution in [2.24, 2.45) is 0 Å². The smallest absolute Gasteiger partial charge is 0.413 e. The predicted molar refractivity (Wildman–Crippen MR) is 172 cm³/mol. The van der Waals surface area contributed by atoms with Crippen LogP contribution in [0.3, 0.4) is 0 Å². The van der Waals surface area contributed by atoms with Crippen LogP contribution in [0.2, 0.25) is 0 Å². The largest absolute Gasteiger partial charge is 0.480 e. The summed E-state index contributed by atoms with van der Waals surface area (Å²) in [4.78, 5) is 130. The minimum atomic E-state index is -2.44. The number of alkyl carbamates (subject to hydrolysis) is 1. The van der Waals surface area contributed by atoms with Crippen LogP contribution in [0.15, 0.2) is 65.9 Å². The van der Waals surface area contributed by atoms with Crippen molar-refractivity contribution >= 4 is 71.4 Å². The molecule has 0 radical (unpaired) electrons. The van der Waals surface area contributed by atoms with Gasteiger partial charge in [-0.15, -0.1) is 11.8 Å². The van der Waals surface area contributed by atoms with E-state index in [2.05, 4.69) is 5.32 Å². The normalized spacial score (nSPS) is 21.2. The number of ether oxygens (including phenoxy) is 1. The summed E-state index contributed by atoms with van der Waals surface area (Å²) in [6, 6.07) is 11.3. The van der Waals surface area contributed by atoms with E-state index >= 15 is 0 Å². The van der Waals surface area contributed by atoms with Crippen molar-refractivity contribution in [3.8, 4) is 0 Å². The zero-order chi connectivity index (χ0) is 37.2. The van der Waals surface area contributed by atoms with E-state index in [-0.39, 0.29) is 42.4 Å². The van der Waals surface area contributed by atoms with Gasteiger partial charge in [0.2, 0.25) is 17.4 Å². The third-order valence-corrected chi connectivity index (χ3v) is 9.84. The van der Waals surface area contributed by atoms with E-state index in [1.54, 1.807) is 6.07 Å².